The molecule has 5 unspecified atom stereocenters. The van der Waals surface area contributed by atoms with Crippen molar-refractivity contribution in [1.29, 1.82) is 0 Å². The molecule has 1 fully saturated rings. The van der Waals surface area contributed by atoms with E-state index >= 15 is 0 Å². The average Bonchev–Trinajstić information content (AvgIpc) is 3.66. The summed E-state index contributed by atoms with van der Waals surface area (Å²) >= 11 is 1.53. The Balaban J connectivity index is 1.31. The number of carbonyl (C=O) groups is 1. The second kappa shape index (κ2) is 16.7. The van der Waals surface area contributed by atoms with Crippen LogP contribution in [0.1, 0.15) is 104 Å². The number of allylic oxidation sites excluding steroid dienone is 2. The lowest BCUT2D eigenvalue weighted by Gasteiger charge is -2.46. The normalized spacial score (nSPS) is 24.7. The van der Waals surface area contributed by atoms with E-state index in [-0.39, 0.29) is 18.3 Å². The standard InChI is InChI=1S/C44H55NO5S/c1-4-23-45(27-36(47)29-50-28-32-12-6-5-7-13-32)30-44(49)22-20-39-37-19-17-33(24-35(46)18-16-31(2)11-10-21-43(39,44)3)25-38(37)42(48)41-26-34-14-8-9-15-40(34)51-41/h5-9,11-15,17,19,25-26,35-36,39,46-47,49H,4,10,16,18,20-24,27-30H2,1-3H3. The number of aliphatic hydroxyl groups is 3. The molecule has 1 saturated carbocycles. The molecule has 0 saturated heterocycles. The summed E-state index contributed by atoms with van der Waals surface area (Å²) in [5.41, 5.74) is 3.39. The van der Waals surface area contributed by atoms with Crippen molar-refractivity contribution in [3.05, 3.63) is 118 Å². The zero-order chi connectivity index (χ0) is 36.0. The smallest absolute Gasteiger partial charge is 0.203 e. The van der Waals surface area contributed by atoms with E-state index < -0.39 is 23.2 Å². The van der Waals surface area contributed by atoms with Gasteiger partial charge in [0.05, 0.1) is 35.9 Å². The van der Waals surface area contributed by atoms with E-state index in [1.807, 2.05) is 60.7 Å². The zero-order valence-corrected chi connectivity index (χ0v) is 31.3. The van der Waals surface area contributed by atoms with E-state index in [0.717, 1.165) is 65.4 Å². The monoisotopic (exact) mass is 709 g/mol. The Labute approximate surface area is 307 Å². The highest BCUT2D eigenvalue weighted by molar-refractivity contribution is 7.21. The first-order valence-electron chi connectivity index (χ1n) is 18.8. The van der Waals surface area contributed by atoms with Gasteiger partial charge < -0.3 is 20.1 Å². The summed E-state index contributed by atoms with van der Waals surface area (Å²) in [6, 6.07) is 26.3. The van der Waals surface area contributed by atoms with Crippen LogP contribution in [-0.2, 0) is 17.8 Å². The van der Waals surface area contributed by atoms with Crippen LogP contribution in [0.5, 0.6) is 0 Å². The molecule has 3 aromatic carbocycles. The molecule has 1 heterocycles. The number of rotatable bonds is 12. The third-order valence-corrected chi connectivity index (χ3v) is 12.6. The third kappa shape index (κ3) is 8.73. The van der Waals surface area contributed by atoms with Crippen LogP contribution in [-0.4, -0.2) is 70.1 Å². The van der Waals surface area contributed by atoms with Crippen LogP contribution in [0.2, 0.25) is 0 Å². The van der Waals surface area contributed by atoms with E-state index in [1.54, 1.807) is 0 Å². The number of ether oxygens (including phenoxy) is 1. The molecule has 0 radical (unpaired) electrons. The molecule has 6 nitrogen and oxygen atoms in total. The number of fused-ring (bicyclic) bond motifs is 9. The van der Waals surface area contributed by atoms with Gasteiger partial charge in [-0.1, -0.05) is 86.2 Å². The van der Waals surface area contributed by atoms with Gasteiger partial charge in [0.25, 0.3) is 0 Å². The number of nitrogens with zero attached hydrogens (tertiary/aromatic N) is 1. The van der Waals surface area contributed by atoms with E-state index in [9.17, 15) is 20.1 Å². The molecule has 4 aromatic rings. The summed E-state index contributed by atoms with van der Waals surface area (Å²) in [4.78, 5) is 17.5. The Morgan fingerprint density at radius 3 is 2.61 bits per heavy atom. The molecule has 7 heteroatoms. The first-order chi connectivity index (χ1) is 24.6. The number of carbonyl (C=O) groups excluding carboxylic acids is 1. The van der Waals surface area contributed by atoms with Gasteiger partial charge in [0.15, 0.2) is 0 Å². The van der Waals surface area contributed by atoms with Gasteiger partial charge in [0.1, 0.15) is 0 Å². The second-order valence-corrected chi connectivity index (χ2v) is 16.4. The molecular formula is C44H55NO5S. The summed E-state index contributed by atoms with van der Waals surface area (Å²) in [5, 5.41) is 36.0. The lowest BCUT2D eigenvalue weighted by Crippen LogP contribution is -2.54. The van der Waals surface area contributed by atoms with Crippen LogP contribution in [0.25, 0.3) is 10.1 Å². The van der Waals surface area contributed by atoms with Crippen molar-refractivity contribution in [3.8, 4) is 0 Å². The predicted octanol–water partition coefficient (Wildman–Crippen LogP) is 8.46. The molecule has 1 aromatic heterocycles. The summed E-state index contributed by atoms with van der Waals surface area (Å²) in [7, 11) is 0. The number of thiophene rings is 1. The molecule has 3 N–H and O–H groups in total. The molecule has 0 spiro atoms. The van der Waals surface area contributed by atoms with Crippen molar-refractivity contribution < 1.29 is 24.9 Å². The summed E-state index contributed by atoms with van der Waals surface area (Å²) in [6.45, 7) is 8.78. The fourth-order valence-electron chi connectivity index (χ4n) is 8.58. The van der Waals surface area contributed by atoms with E-state index in [0.29, 0.717) is 49.4 Å². The van der Waals surface area contributed by atoms with E-state index in [1.165, 1.54) is 16.9 Å². The van der Waals surface area contributed by atoms with Gasteiger partial charge >= 0.3 is 0 Å². The van der Waals surface area contributed by atoms with Crippen molar-refractivity contribution in [3.63, 3.8) is 0 Å². The minimum atomic E-state index is -1.04. The lowest BCUT2D eigenvalue weighted by molar-refractivity contribution is -0.0906. The summed E-state index contributed by atoms with van der Waals surface area (Å²) in [6.07, 6.45) is 6.91. The van der Waals surface area contributed by atoms with Gasteiger partial charge in [-0.3, -0.25) is 9.69 Å². The molecule has 0 aliphatic heterocycles. The molecule has 3 aliphatic rings. The number of hydrogen-bond donors (Lipinski definition) is 3. The molecule has 2 bridgehead atoms. The topological polar surface area (TPSA) is 90.2 Å². The predicted molar refractivity (Wildman–Crippen MR) is 208 cm³/mol. The van der Waals surface area contributed by atoms with Crippen molar-refractivity contribution in [2.24, 2.45) is 5.41 Å². The third-order valence-electron chi connectivity index (χ3n) is 11.5. The fraction of sp³-hybridized carbons (Fsp3) is 0.477. The van der Waals surface area contributed by atoms with Gasteiger partial charge in [-0.15, -0.1) is 11.3 Å². The molecule has 272 valence electrons. The van der Waals surface area contributed by atoms with Gasteiger partial charge in [-0.25, -0.2) is 0 Å². The summed E-state index contributed by atoms with van der Waals surface area (Å²) in [5.74, 6) is -0.0385. The number of aliphatic hydroxyl groups excluding tert-OH is 2. The number of benzene rings is 3. The van der Waals surface area contributed by atoms with E-state index in [2.05, 4.69) is 49.9 Å². The van der Waals surface area contributed by atoms with Crippen LogP contribution in [0.4, 0.5) is 0 Å². The maximum absolute atomic E-state index is 14.5. The molecule has 51 heavy (non-hydrogen) atoms. The molecule has 5 atom stereocenters. The van der Waals surface area contributed by atoms with Crippen LogP contribution in [0, 0.1) is 5.41 Å². The Bertz CT molecular complexity index is 1770. The van der Waals surface area contributed by atoms with Crippen LogP contribution >= 0.6 is 11.3 Å². The molecule has 0 amide bonds. The van der Waals surface area contributed by atoms with Gasteiger partial charge in [-0.2, -0.15) is 0 Å². The molecular weight excluding hydrogens is 655 g/mol. The average molecular weight is 710 g/mol. The Morgan fingerprint density at radius 1 is 1.04 bits per heavy atom. The maximum atomic E-state index is 14.5. The Hall–Kier alpha value is -3.17. The molecule has 3 aliphatic carbocycles. The second-order valence-electron chi connectivity index (χ2n) is 15.3. The fourth-order valence-corrected chi connectivity index (χ4v) is 9.60. The van der Waals surface area contributed by atoms with Crippen molar-refractivity contribution in [2.45, 2.75) is 102 Å². The SMILES string of the molecule is CCCN(CC(O)COCc1ccccc1)CC1(O)CCC2c3ccc(cc3C(=O)c3cc4ccccc4s3)CC(O)CCC(C)=CCCC21C. The summed E-state index contributed by atoms with van der Waals surface area (Å²) < 4.78 is 6.97. The first-order valence-corrected chi connectivity index (χ1v) is 19.6. The highest BCUT2D eigenvalue weighted by Gasteiger charge is 2.57. The Morgan fingerprint density at radius 2 is 1.82 bits per heavy atom. The minimum absolute atomic E-state index is 0.00870. The van der Waals surface area contributed by atoms with Crippen LogP contribution in [0.3, 0.4) is 0 Å². The Kier molecular flexibility index (Phi) is 12.3. The highest BCUT2D eigenvalue weighted by atomic mass is 32.1. The van der Waals surface area contributed by atoms with Crippen molar-refractivity contribution in [2.75, 3.05) is 26.2 Å². The quantitative estimate of drug-likeness (QED) is 0.101. The minimum Gasteiger partial charge on any atom is -0.393 e. The number of ketones is 1. The van der Waals surface area contributed by atoms with Crippen molar-refractivity contribution in [1.82, 2.24) is 4.90 Å². The highest BCUT2D eigenvalue weighted by Crippen LogP contribution is 2.59. The zero-order valence-electron chi connectivity index (χ0n) is 30.5. The van der Waals surface area contributed by atoms with Crippen molar-refractivity contribution >= 4 is 27.2 Å². The van der Waals surface area contributed by atoms with Gasteiger partial charge in [0, 0.05) is 28.8 Å². The van der Waals surface area contributed by atoms with Gasteiger partial charge in [0.2, 0.25) is 5.78 Å². The lowest BCUT2D eigenvalue weighted by atomic mass is 9.64. The number of hydrogen-bond acceptors (Lipinski definition) is 7. The van der Waals surface area contributed by atoms with Crippen LogP contribution < -0.4 is 0 Å². The molecule has 7 rings (SSSR count). The van der Waals surface area contributed by atoms with Gasteiger partial charge in [-0.05, 0) is 111 Å². The van der Waals surface area contributed by atoms with E-state index in [4.69, 9.17) is 4.74 Å². The maximum Gasteiger partial charge on any atom is 0.203 e. The van der Waals surface area contributed by atoms with Crippen LogP contribution in [0.15, 0.2) is 90.5 Å². The largest absolute Gasteiger partial charge is 0.393 e. The first kappa shape index (κ1) is 37.6.